The van der Waals surface area contributed by atoms with E-state index in [1.165, 1.54) is 5.56 Å². The van der Waals surface area contributed by atoms with E-state index in [1.807, 2.05) is 24.3 Å². The Morgan fingerprint density at radius 3 is 2.23 bits per heavy atom. The summed E-state index contributed by atoms with van der Waals surface area (Å²) in [6.45, 7) is 10.9. The molecule has 0 radical (unpaired) electrons. The van der Waals surface area contributed by atoms with Crippen LogP contribution in [-0.4, -0.2) is 25.2 Å². The Bertz CT molecular complexity index is 427. The smallest absolute Gasteiger partial charge is 0.146 e. The van der Waals surface area contributed by atoms with Crippen molar-refractivity contribution >= 4 is 0 Å². The van der Waals surface area contributed by atoms with E-state index < -0.39 is 6.17 Å². The van der Waals surface area contributed by atoms with Crippen LogP contribution in [0.1, 0.15) is 46.6 Å². The second-order valence-corrected chi connectivity index (χ2v) is 6.93. The molecule has 0 spiro atoms. The lowest BCUT2D eigenvalue weighted by atomic mass is 9.87. The highest BCUT2D eigenvalue weighted by atomic mass is 16.9. The Balaban J connectivity index is 2.69. The molecule has 0 fully saturated rings. The van der Waals surface area contributed by atoms with Crippen LogP contribution in [0.5, 0.6) is 5.75 Å². The molecule has 1 unspecified atom stereocenters. The van der Waals surface area contributed by atoms with Crippen molar-refractivity contribution in [1.29, 1.82) is 0 Å². The van der Waals surface area contributed by atoms with Crippen molar-refractivity contribution in [3.8, 4) is 5.75 Å². The van der Waals surface area contributed by atoms with Crippen molar-refractivity contribution in [1.82, 2.24) is 10.5 Å². The number of nitrogens with one attached hydrogen (secondary N) is 1. The molecule has 0 aliphatic carbocycles. The number of hydrogen-bond donors (Lipinski definition) is 1. The fourth-order valence-corrected chi connectivity index (χ4v) is 2.05. The first-order valence-corrected chi connectivity index (χ1v) is 7.71. The Morgan fingerprint density at radius 2 is 1.77 bits per heavy atom. The maximum absolute atomic E-state index is 12.2. The molecule has 126 valence electrons. The number of nitrogens with zero attached hydrogens (tertiary/aromatic N) is 1. The third-order valence-corrected chi connectivity index (χ3v) is 3.33. The zero-order valence-electron chi connectivity index (χ0n) is 14.6. The largest absolute Gasteiger partial charge is 0.751 e. The monoisotopic (exact) mass is 309 g/mol. The number of hydroxylamine groups is 2. The molecule has 5 nitrogen and oxygen atoms in total. The fraction of sp³-hybridized carbons (Fsp3) is 0.647. The molecule has 0 aliphatic rings. The van der Waals surface area contributed by atoms with E-state index in [2.05, 4.69) is 39.9 Å². The fourth-order valence-electron chi connectivity index (χ4n) is 2.05. The second-order valence-electron chi connectivity index (χ2n) is 6.93. The first-order valence-electron chi connectivity index (χ1n) is 7.71. The van der Waals surface area contributed by atoms with Crippen molar-refractivity contribution < 1.29 is 9.57 Å². The summed E-state index contributed by atoms with van der Waals surface area (Å²) in [4.78, 5) is 5.40. The predicted octanol–water partition coefficient (Wildman–Crippen LogP) is 3.64. The minimum absolute atomic E-state index is 0.0792. The van der Waals surface area contributed by atoms with Gasteiger partial charge in [-0.15, -0.1) is 0 Å². The van der Waals surface area contributed by atoms with E-state index in [9.17, 15) is 5.21 Å². The molecule has 0 aromatic heterocycles. The van der Waals surface area contributed by atoms with Crippen LogP contribution in [0.25, 0.3) is 0 Å². The number of rotatable bonds is 8. The number of benzene rings is 1. The topological polar surface area (TPSA) is 56.8 Å². The van der Waals surface area contributed by atoms with Gasteiger partial charge < -0.3 is 14.8 Å². The van der Waals surface area contributed by atoms with Crippen LogP contribution in [0.2, 0.25) is 0 Å². The van der Waals surface area contributed by atoms with Gasteiger partial charge in [-0.1, -0.05) is 46.8 Å². The van der Waals surface area contributed by atoms with Crippen molar-refractivity contribution in [3.63, 3.8) is 0 Å². The molecule has 0 bridgehead atoms. The van der Waals surface area contributed by atoms with Crippen LogP contribution in [0.15, 0.2) is 24.3 Å². The van der Waals surface area contributed by atoms with Crippen LogP contribution in [0.4, 0.5) is 0 Å². The van der Waals surface area contributed by atoms with E-state index in [-0.39, 0.29) is 5.41 Å². The zero-order valence-corrected chi connectivity index (χ0v) is 14.6. The van der Waals surface area contributed by atoms with Gasteiger partial charge in [0.2, 0.25) is 0 Å². The van der Waals surface area contributed by atoms with Gasteiger partial charge in [0.05, 0.1) is 12.9 Å². The normalized spacial score (nSPS) is 13.7. The van der Waals surface area contributed by atoms with E-state index in [0.717, 1.165) is 0 Å². The van der Waals surface area contributed by atoms with E-state index in [1.54, 1.807) is 7.11 Å². The van der Waals surface area contributed by atoms with E-state index in [4.69, 9.17) is 9.57 Å². The Morgan fingerprint density at radius 1 is 1.18 bits per heavy atom. The molecule has 1 aromatic carbocycles. The minimum Gasteiger partial charge on any atom is -0.751 e. The van der Waals surface area contributed by atoms with Gasteiger partial charge in [0.1, 0.15) is 5.75 Å². The zero-order chi connectivity index (χ0) is 16.8. The molecular weight excluding hydrogens is 280 g/mol. The lowest BCUT2D eigenvalue weighted by Gasteiger charge is -2.37. The van der Waals surface area contributed by atoms with Crippen molar-refractivity contribution in [2.45, 2.75) is 52.6 Å². The third-order valence-electron chi connectivity index (χ3n) is 3.33. The molecule has 0 heterocycles. The number of methoxy groups -OCH3 is 1. The van der Waals surface area contributed by atoms with Crippen LogP contribution < -0.4 is 10.2 Å². The summed E-state index contributed by atoms with van der Waals surface area (Å²) in [6, 6.07) is 7.63. The summed E-state index contributed by atoms with van der Waals surface area (Å²) >= 11 is 0. The van der Waals surface area contributed by atoms with Gasteiger partial charge >= 0.3 is 0 Å². The molecule has 1 atom stereocenters. The van der Waals surface area contributed by atoms with Crippen LogP contribution in [0.3, 0.4) is 0 Å². The van der Waals surface area contributed by atoms with Crippen LogP contribution >= 0.6 is 0 Å². The summed E-state index contributed by atoms with van der Waals surface area (Å²) in [5.74, 6) is 0.911. The quantitative estimate of drug-likeness (QED) is 0.587. The number of hydrogen-bond acceptors (Lipinski definition) is 5. The molecule has 0 saturated carbocycles. The highest BCUT2D eigenvalue weighted by molar-refractivity contribution is 5.30. The molecule has 1 aromatic rings. The molecule has 0 aliphatic heterocycles. The maximum Gasteiger partial charge on any atom is 0.146 e. The standard InChI is InChI=1S/C17H29N2O3/c1-13(2)11-16(18-12-21-6)19(20)22-15-9-7-14(8-10-15)17(3,4)5/h7-10,13,16,18H,11-12H2,1-6H3/q-1. The van der Waals surface area contributed by atoms with Gasteiger partial charge in [0, 0.05) is 7.11 Å². The average molecular weight is 309 g/mol. The van der Waals surface area contributed by atoms with Gasteiger partial charge in [0.15, 0.2) is 0 Å². The average Bonchev–Trinajstić information content (AvgIpc) is 2.42. The molecular formula is C17H29N2O3-. The second kappa shape index (κ2) is 8.48. The molecule has 1 rings (SSSR count). The Kier molecular flexibility index (Phi) is 7.29. The number of ether oxygens (including phenoxy) is 1. The summed E-state index contributed by atoms with van der Waals surface area (Å²) in [5, 5.41) is 15.9. The summed E-state index contributed by atoms with van der Waals surface area (Å²) < 4.78 is 4.98. The van der Waals surface area contributed by atoms with Crippen LogP contribution in [0, 0.1) is 11.1 Å². The highest BCUT2D eigenvalue weighted by Gasteiger charge is 2.15. The van der Waals surface area contributed by atoms with Gasteiger partial charge in [-0.2, -0.15) is 5.23 Å². The summed E-state index contributed by atoms with van der Waals surface area (Å²) in [5.41, 5.74) is 1.28. The van der Waals surface area contributed by atoms with Gasteiger partial charge in [-0.05, 0) is 35.4 Å². The minimum atomic E-state index is -0.442. The lowest BCUT2D eigenvalue weighted by Crippen LogP contribution is -2.45. The maximum atomic E-state index is 12.2. The molecule has 5 heteroatoms. The molecule has 22 heavy (non-hydrogen) atoms. The first kappa shape index (κ1) is 18.9. The van der Waals surface area contributed by atoms with Crippen molar-refractivity contribution in [2.24, 2.45) is 5.92 Å². The summed E-state index contributed by atoms with van der Waals surface area (Å²) in [6.07, 6.45) is 0.231. The van der Waals surface area contributed by atoms with Crippen LogP contribution in [-0.2, 0) is 10.2 Å². The van der Waals surface area contributed by atoms with E-state index in [0.29, 0.717) is 30.0 Å². The first-order chi connectivity index (χ1) is 10.2. The Labute approximate surface area is 134 Å². The SMILES string of the molecule is COCNC(CC(C)C)N([O-])Oc1ccc(C(C)(C)C)cc1. The molecule has 0 saturated heterocycles. The van der Waals surface area contributed by atoms with Gasteiger partial charge in [-0.3, -0.25) is 5.32 Å². The van der Waals surface area contributed by atoms with Gasteiger partial charge in [0.25, 0.3) is 0 Å². The Hall–Kier alpha value is -1.14. The highest BCUT2D eigenvalue weighted by Crippen LogP contribution is 2.24. The van der Waals surface area contributed by atoms with Crippen molar-refractivity contribution in [3.05, 3.63) is 35.0 Å². The molecule has 0 amide bonds. The van der Waals surface area contributed by atoms with E-state index >= 15 is 0 Å². The molecule has 1 N–H and O–H groups in total. The third kappa shape index (κ3) is 6.32. The summed E-state index contributed by atoms with van der Waals surface area (Å²) in [7, 11) is 1.58. The van der Waals surface area contributed by atoms with Crippen molar-refractivity contribution in [2.75, 3.05) is 13.8 Å². The predicted molar refractivity (Wildman–Crippen MR) is 89.2 cm³/mol. The van der Waals surface area contributed by atoms with Gasteiger partial charge in [-0.25, -0.2) is 0 Å². The lowest BCUT2D eigenvalue weighted by molar-refractivity contribution is -0.0732.